The summed E-state index contributed by atoms with van der Waals surface area (Å²) in [5, 5.41) is 14.5. The Bertz CT molecular complexity index is 1160. The lowest BCUT2D eigenvalue weighted by Crippen LogP contribution is -2.07. The van der Waals surface area contributed by atoms with E-state index in [1.165, 1.54) is 0 Å². The highest BCUT2D eigenvalue weighted by Gasteiger charge is 2.12. The highest BCUT2D eigenvalue weighted by molar-refractivity contribution is 5.97. The molecule has 0 aliphatic carbocycles. The van der Waals surface area contributed by atoms with Crippen molar-refractivity contribution in [2.45, 2.75) is 20.8 Å². The highest BCUT2D eigenvalue weighted by Crippen LogP contribution is 2.26. The van der Waals surface area contributed by atoms with Crippen LogP contribution in [-0.4, -0.2) is 25.9 Å². The van der Waals surface area contributed by atoms with Gasteiger partial charge in [0.15, 0.2) is 11.6 Å². The summed E-state index contributed by atoms with van der Waals surface area (Å²) in [4.78, 5) is 21.4. The SMILES string of the molecule is Cc1cc(Nc2nc(Nc3ccc(C(=O)C(C)C)cc3)nc3ccccc23)n[nH]1. The Hall–Kier alpha value is -3.74. The molecule has 0 unspecified atom stereocenters. The molecule has 0 aliphatic rings. The highest BCUT2D eigenvalue weighted by atomic mass is 16.1. The predicted molar refractivity (Wildman–Crippen MR) is 115 cm³/mol. The van der Waals surface area contributed by atoms with Crippen LogP contribution in [0.4, 0.5) is 23.3 Å². The molecule has 29 heavy (non-hydrogen) atoms. The van der Waals surface area contributed by atoms with Gasteiger partial charge in [-0.1, -0.05) is 26.0 Å². The molecule has 7 heteroatoms. The summed E-state index contributed by atoms with van der Waals surface area (Å²) in [6.45, 7) is 5.73. The van der Waals surface area contributed by atoms with Crippen LogP contribution in [0.1, 0.15) is 29.9 Å². The van der Waals surface area contributed by atoms with Crippen LogP contribution >= 0.6 is 0 Å². The summed E-state index contributed by atoms with van der Waals surface area (Å²) in [6, 6.07) is 17.1. The van der Waals surface area contributed by atoms with Gasteiger partial charge in [0.2, 0.25) is 5.95 Å². The van der Waals surface area contributed by atoms with Gasteiger partial charge >= 0.3 is 0 Å². The third-order valence-corrected chi connectivity index (χ3v) is 4.51. The average Bonchev–Trinajstić information content (AvgIpc) is 3.12. The molecule has 0 atom stereocenters. The molecule has 0 aliphatic heterocycles. The number of ketones is 1. The maximum Gasteiger partial charge on any atom is 0.229 e. The van der Waals surface area contributed by atoms with E-state index in [1.807, 2.05) is 75.4 Å². The topological polar surface area (TPSA) is 95.6 Å². The lowest BCUT2D eigenvalue weighted by Gasteiger charge is -2.11. The molecule has 4 rings (SSSR count). The molecule has 0 bridgehead atoms. The molecule has 2 aromatic carbocycles. The van der Waals surface area contributed by atoms with Crippen LogP contribution in [0.25, 0.3) is 10.9 Å². The van der Waals surface area contributed by atoms with Crippen molar-refractivity contribution < 1.29 is 4.79 Å². The lowest BCUT2D eigenvalue weighted by molar-refractivity contribution is 0.0939. The van der Waals surface area contributed by atoms with Crippen molar-refractivity contribution in [3.05, 3.63) is 65.9 Å². The first kappa shape index (κ1) is 18.6. The van der Waals surface area contributed by atoms with Gasteiger partial charge in [0.1, 0.15) is 5.82 Å². The summed E-state index contributed by atoms with van der Waals surface area (Å²) in [5.74, 6) is 1.91. The van der Waals surface area contributed by atoms with Gasteiger partial charge in [0.05, 0.1) is 5.52 Å². The van der Waals surface area contributed by atoms with E-state index in [4.69, 9.17) is 0 Å². The van der Waals surface area contributed by atoms with Gasteiger partial charge in [-0.25, -0.2) is 4.98 Å². The fraction of sp³-hybridized carbons (Fsp3) is 0.182. The number of aromatic nitrogens is 4. The number of fused-ring (bicyclic) bond motifs is 1. The molecule has 146 valence electrons. The molecule has 2 heterocycles. The lowest BCUT2D eigenvalue weighted by atomic mass is 10.0. The predicted octanol–water partition coefficient (Wildman–Crippen LogP) is 4.99. The van der Waals surface area contributed by atoms with Crippen molar-refractivity contribution in [1.82, 2.24) is 20.2 Å². The second-order valence-electron chi connectivity index (χ2n) is 7.20. The normalized spacial score (nSPS) is 11.0. The van der Waals surface area contributed by atoms with Crippen LogP contribution < -0.4 is 10.6 Å². The number of rotatable bonds is 6. The third-order valence-electron chi connectivity index (χ3n) is 4.51. The second kappa shape index (κ2) is 7.71. The maximum absolute atomic E-state index is 12.1. The third kappa shape index (κ3) is 4.08. The summed E-state index contributed by atoms with van der Waals surface area (Å²) in [6.07, 6.45) is 0. The Morgan fingerprint density at radius 3 is 2.45 bits per heavy atom. The van der Waals surface area contributed by atoms with E-state index >= 15 is 0 Å². The second-order valence-corrected chi connectivity index (χ2v) is 7.20. The molecule has 0 radical (unpaired) electrons. The van der Waals surface area contributed by atoms with Crippen molar-refractivity contribution >= 4 is 40.0 Å². The number of aryl methyl sites for hydroxylation is 1. The van der Waals surface area contributed by atoms with Crippen molar-refractivity contribution in [3.63, 3.8) is 0 Å². The molecule has 4 aromatic rings. The van der Waals surface area contributed by atoms with E-state index in [0.29, 0.717) is 23.1 Å². The number of carbonyl (C=O) groups is 1. The van der Waals surface area contributed by atoms with Crippen LogP contribution in [-0.2, 0) is 0 Å². The first-order valence-corrected chi connectivity index (χ1v) is 9.47. The molecule has 0 saturated carbocycles. The van der Waals surface area contributed by atoms with Gasteiger partial charge in [-0.05, 0) is 43.3 Å². The minimum Gasteiger partial charge on any atom is -0.324 e. The van der Waals surface area contributed by atoms with Gasteiger partial charge in [0, 0.05) is 34.3 Å². The Kier molecular flexibility index (Phi) is 4.95. The zero-order chi connectivity index (χ0) is 20.4. The fourth-order valence-corrected chi connectivity index (χ4v) is 3.01. The van der Waals surface area contributed by atoms with E-state index in [2.05, 4.69) is 30.8 Å². The van der Waals surface area contributed by atoms with Crippen molar-refractivity contribution in [2.75, 3.05) is 10.6 Å². The number of para-hydroxylation sites is 1. The molecule has 0 spiro atoms. The van der Waals surface area contributed by atoms with Crippen molar-refractivity contribution in [3.8, 4) is 0 Å². The van der Waals surface area contributed by atoms with Gasteiger partial charge in [-0.15, -0.1) is 0 Å². The standard InChI is InChI=1S/C22H22N6O/c1-13(2)20(29)15-8-10-16(11-9-15)23-22-24-18-7-5-4-6-17(18)21(26-22)25-19-12-14(3)27-28-19/h4-13H,1-3H3,(H3,23,24,25,26,27,28). The molecular weight excluding hydrogens is 364 g/mol. The Morgan fingerprint density at radius 2 is 1.76 bits per heavy atom. The van der Waals surface area contributed by atoms with E-state index < -0.39 is 0 Å². The van der Waals surface area contributed by atoms with Crippen LogP contribution in [0.3, 0.4) is 0 Å². The Balaban J connectivity index is 1.64. The minimum absolute atomic E-state index is 0.0306. The monoisotopic (exact) mass is 386 g/mol. The van der Waals surface area contributed by atoms with E-state index in [9.17, 15) is 4.79 Å². The van der Waals surface area contributed by atoms with Gasteiger partial charge in [0.25, 0.3) is 0 Å². The summed E-state index contributed by atoms with van der Waals surface area (Å²) < 4.78 is 0. The van der Waals surface area contributed by atoms with Crippen molar-refractivity contribution in [2.24, 2.45) is 5.92 Å². The maximum atomic E-state index is 12.1. The molecule has 0 fully saturated rings. The molecule has 7 nitrogen and oxygen atoms in total. The number of hydrogen-bond donors (Lipinski definition) is 3. The zero-order valence-electron chi connectivity index (χ0n) is 16.5. The van der Waals surface area contributed by atoms with E-state index in [-0.39, 0.29) is 11.7 Å². The summed E-state index contributed by atoms with van der Waals surface area (Å²) >= 11 is 0. The van der Waals surface area contributed by atoms with Crippen LogP contribution in [0, 0.1) is 12.8 Å². The largest absolute Gasteiger partial charge is 0.324 e. The zero-order valence-corrected chi connectivity index (χ0v) is 16.5. The summed E-state index contributed by atoms with van der Waals surface area (Å²) in [5.41, 5.74) is 3.27. The average molecular weight is 386 g/mol. The van der Waals surface area contributed by atoms with Crippen LogP contribution in [0.15, 0.2) is 54.6 Å². The van der Waals surface area contributed by atoms with E-state index in [1.54, 1.807) is 0 Å². The van der Waals surface area contributed by atoms with Crippen LogP contribution in [0.5, 0.6) is 0 Å². The number of nitrogens with one attached hydrogen (secondary N) is 3. The van der Waals surface area contributed by atoms with Crippen molar-refractivity contribution in [1.29, 1.82) is 0 Å². The number of aromatic amines is 1. The first-order chi connectivity index (χ1) is 14.0. The molecule has 2 aromatic heterocycles. The van der Waals surface area contributed by atoms with Crippen LogP contribution in [0.2, 0.25) is 0 Å². The molecular formula is C22H22N6O. The van der Waals surface area contributed by atoms with E-state index in [0.717, 1.165) is 22.3 Å². The Morgan fingerprint density at radius 1 is 1.00 bits per heavy atom. The smallest absolute Gasteiger partial charge is 0.229 e. The molecule has 0 saturated heterocycles. The summed E-state index contributed by atoms with van der Waals surface area (Å²) in [7, 11) is 0. The van der Waals surface area contributed by atoms with Gasteiger partial charge in [-0.2, -0.15) is 10.1 Å². The number of anilines is 4. The fourth-order valence-electron chi connectivity index (χ4n) is 3.01. The molecule has 0 amide bonds. The number of Topliss-reactive ketones (excluding diaryl/α,β-unsaturated/α-hetero) is 1. The Labute approximate surface area is 168 Å². The molecule has 3 N–H and O–H groups in total. The number of nitrogens with zero attached hydrogens (tertiary/aromatic N) is 3. The first-order valence-electron chi connectivity index (χ1n) is 9.47. The number of H-pyrrole nitrogens is 1. The quantitative estimate of drug-likeness (QED) is 0.404. The van der Waals surface area contributed by atoms with Gasteiger partial charge < -0.3 is 10.6 Å². The number of hydrogen-bond acceptors (Lipinski definition) is 6. The number of carbonyl (C=O) groups excluding carboxylic acids is 1. The number of benzene rings is 2. The minimum atomic E-state index is -0.0306. The van der Waals surface area contributed by atoms with Gasteiger partial charge in [-0.3, -0.25) is 9.89 Å².